The number of nitro groups is 1. The van der Waals surface area contributed by atoms with E-state index < -0.39 is 22.2 Å². The molecule has 0 aromatic heterocycles. The van der Waals surface area contributed by atoms with Crippen LogP contribution in [0.4, 0.5) is 25.8 Å². The summed E-state index contributed by atoms with van der Waals surface area (Å²) in [4.78, 5) is 15.2. The molecule has 3 rings (SSSR count). The first kappa shape index (κ1) is 13.2. The zero-order valence-corrected chi connectivity index (χ0v) is 10.7. The van der Waals surface area contributed by atoms with E-state index in [4.69, 9.17) is 0 Å². The molecule has 0 aliphatic carbocycles. The van der Waals surface area contributed by atoms with Crippen LogP contribution in [0.3, 0.4) is 0 Å². The van der Waals surface area contributed by atoms with Crippen LogP contribution < -0.4 is 4.90 Å². The SMILES string of the molecule is O=[N+]([O-])c1cc(F)c(N2C=Nc3ccccc3C2)c(F)c1. The van der Waals surface area contributed by atoms with E-state index in [2.05, 4.69) is 4.99 Å². The third-order valence-electron chi connectivity index (χ3n) is 3.17. The van der Waals surface area contributed by atoms with E-state index in [-0.39, 0.29) is 12.2 Å². The van der Waals surface area contributed by atoms with Gasteiger partial charge in [-0.2, -0.15) is 0 Å². The second kappa shape index (κ2) is 4.93. The van der Waals surface area contributed by atoms with Crippen molar-refractivity contribution in [3.05, 3.63) is 63.7 Å². The summed E-state index contributed by atoms with van der Waals surface area (Å²) in [6, 6.07) is 8.63. The van der Waals surface area contributed by atoms with E-state index >= 15 is 0 Å². The minimum absolute atomic E-state index is 0.241. The molecule has 2 aromatic carbocycles. The van der Waals surface area contributed by atoms with Gasteiger partial charge in [-0.3, -0.25) is 10.1 Å². The zero-order valence-electron chi connectivity index (χ0n) is 10.7. The summed E-state index contributed by atoms with van der Waals surface area (Å²) in [5.74, 6) is -1.99. The number of para-hydroxylation sites is 1. The van der Waals surface area contributed by atoms with Crippen LogP contribution in [0.1, 0.15) is 5.56 Å². The Morgan fingerprint density at radius 1 is 1.19 bits per heavy atom. The second-order valence-corrected chi connectivity index (χ2v) is 4.52. The summed E-state index contributed by atoms with van der Waals surface area (Å²) in [5.41, 5.74) is 0.579. The Bertz CT molecular complexity index is 739. The fraction of sp³-hybridized carbons (Fsp3) is 0.0714. The minimum Gasteiger partial charge on any atom is -0.323 e. The molecule has 1 aliphatic heterocycles. The first-order valence-corrected chi connectivity index (χ1v) is 6.08. The number of halogens is 2. The van der Waals surface area contributed by atoms with E-state index in [9.17, 15) is 18.9 Å². The van der Waals surface area contributed by atoms with E-state index in [0.717, 1.165) is 11.3 Å². The van der Waals surface area contributed by atoms with Crippen molar-refractivity contribution in [2.45, 2.75) is 6.54 Å². The molecule has 1 aliphatic rings. The number of hydrogen-bond donors (Lipinski definition) is 0. The fourth-order valence-corrected chi connectivity index (χ4v) is 2.20. The maximum Gasteiger partial charge on any atom is 0.275 e. The quantitative estimate of drug-likeness (QED) is 0.627. The van der Waals surface area contributed by atoms with Crippen molar-refractivity contribution in [1.82, 2.24) is 0 Å². The van der Waals surface area contributed by atoms with Gasteiger partial charge >= 0.3 is 0 Å². The molecule has 2 aromatic rings. The standard InChI is InChI=1S/C14H9F2N3O2/c15-11-5-10(19(20)21)6-12(16)14(11)18-7-9-3-1-2-4-13(9)17-8-18/h1-6,8H,7H2. The summed E-state index contributed by atoms with van der Waals surface area (Å²) in [5, 5.41) is 10.6. The van der Waals surface area contributed by atoms with Gasteiger partial charge < -0.3 is 4.90 Å². The minimum atomic E-state index is -0.993. The van der Waals surface area contributed by atoms with Crippen LogP contribution in [0.5, 0.6) is 0 Å². The number of benzene rings is 2. The molecule has 0 saturated heterocycles. The third-order valence-corrected chi connectivity index (χ3v) is 3.17. The van der Waals surface area contributed by atoms with E-state index in [1.807, 2.05) is 6.07 Å². The molecular formula is C14H9F2N3O2. The average molecular weight is 289 g/mol. The Morgan fingerprint density at radius 3 is 2.52 bits per heavy atom. The van der Waals surface area contributed by atoms with E-state index in [1.165, 1.54) is 11.2 Å². The first-order valence-electron chi connectivity index (χ1n) is 6.08. The number of nitrogens with zero attached hydrogens (tertiary/aromatic N) is 3. The number of rotatable bonds is 2. The maximum absolute atomic E-state index is 14.0. The van der Waals surface area contributed by atoms with Crippen molar-refractivity contribution in [2.75, 3.05) is 4.90 Å². The molecule has 0 fully saturated rings. The van der Waals surface area contributed by atoms with E-state index in [1.54, 1.807) is 18.2 Å². The molecule has 0 spiro atoms. The lowest BCUT2D eigenvalue weighted by Crippen LogP contribution is -2.25. The highest BCUT2D eigenvalue weighted by Crippen LogP contribution is 2.32. The molecule has 0 bridgehead atoms. The lowest BCUT2D eigenvalue weighted by molar-refractivity contribution is -0.385. The van der Waals surface area contributed by atoms with Gasteiger partial charge in [-0.25, -0.2) is 13.8 Å². The Labute approximate surface area is 118 Å². The molecule has 1 heterocycles. The van der Waals surface area contributed by atoms with Crippen molar-refractivity contribution in [3.63, 3.8) is 0 Å². The van der Waals surface area contributed by atoms with Crippen LogP contribution in [-0.4, -0.2) is 11.3 Å². The predicted octanol–water partition coefficient (Wildman–Crippen LogP) is 3.55. The molecule has 0 amide bonds. The maximum atomic E-state index is 14.0. The highest BCUT2D eigenvalue weighted by atomic mass is 19.1. The highest BCUT2D eigenvalue weighted by Gasteiger charge is 2.23. The van der Waals surface area contributed by atoms with Crippen LogP contribution in [-0.2, 0) is 6.54 Å². The van der Waals surface area contributed by atoms with Gasteiger partial charge in [0.1, 0.15) is 5.69 Å². The number of hydrogen-bond acceptors (Lipinski definition) is 4. The molecule has 7 heteroatoms. The monoisotopic (exact) mass is 289 g/mol. The predicted molar refractivity (Wildman–Crippen MR) is 73.8 cm³/mol. The van der Waals surface area contributed by atoms with Crippen molar-refractivity contribution >= 4 is 23.4 Å². The topological polar surface area (TPSA) is 58.7 Å². The van der Waals surface area contributed by atoms with Crippen molar-refractivity contribution < 1.29 is 13.7 Å². The highest BCUT2D eigenvalue weighted by molar-refractivity contribution is 5.84. The smallest absolute Gasteiger partial charge is 0.275 e. The van der Waals surface area contributed by atoms with Gasteiger partial charge in [0.15, 0.2) is 11.6 Å². The van der Waals surface area contributed by atoms with Gasteiger partial charge in [-0.05, 0) is 11.6 Å². The Morgan fingerprint density at radius 2 is 1.86 bits per heavy atom. The molecular weight excluding hydrogens is 280 g/mol. The van der Waals surface area contributed by atoms with Crippen LogP contribution in [0.25, 0.3) is 0 Å². The number of nitro benzene ring substituents is 1. The molecule has 0 N–H and O–H groups in total. The van der Waals surface area contributed by atoms with Crippen LogP contribution in [0, 0.1) is 21.7 Å². The molecule has 21 heavy (non-hydrogen) atoms. The molecule has 0 atom stereocenters. The van der Waals surface area contributed by atoms with Crippen LogP contribution >= 0.6 is 0 Å². The normalized spacial score (nSPS) is 13.1. The Balaban J connectivity index is 2.02. The van der Waals surface area contributed by atoms with Gasteiger partial charge in [0.2, 0.25) is 0 Å². The molecule has 0 unspecified atom stereocenters. The number of non-ortho nitro benzene ring substituents is 1. The van der Waals surface area contributed by atoms with Gasteiger partial charge in [0.05, 0.1) is 35.6 Å². The summed E-state index contributed by atoms with van der Waals surface area (Å²) in [7, 11) is 0. The summed E-state index contributed by atoms with van der Waals surface area (Å²) in [6.07, 6.45) is 1.32. The Hall–Kier alpha value is -2.83. The lowest BCUT2D eigenvalue weighted by atomic mass is 10.1. The molecule has 0 radical (unpaired) electrons. The average Bonchev–Trinajstić information content (AvgIpc) is 2.46. The Kier molecular flexibility index (Phi) is 3.09. The summed E-state index contributed by atoms with van der Waals surface area (Å²) >= 11 is 0. The number of anilines is 1. The second-order valence-electron chi connectivity index (χ2n) is 4.52. The first-order chi connectivity index (χ1) is 10.1. The number of fused-ring (bicyclic) bond motifs is 1. The number of aliphatic imine (C=N–C) groups is 1. The largest absolute Gasteiger partial charge is 0.323 e. The van der Waals surface area contributed by atoms with Gasteiger partial charge in [-0.15, -0.1) is 0 Å². The third kappa shape index (κ3) is 2.33. The van der Waals surface area contributed by atoms with E-state index in [0.29, 0.717) is 12.1 Å². The van der Waals surface area contributed by atoms with Crippen molar-refractivity contribution in [1.29, 1.82) is 0 Å². The summed E-state index contributed by atoms with van der Waals surface area (Å²) < 4.78 is 28.0. The zero-order chi connectivity index (χ0) is 15.0. The fourth-order valence-electron chi connectivity index (χ4n) is 2.20. The molecule has 5 nitrogen and oxygen atoms in total. The van der Waals surface area contributed by atoms with Gasteiger partial charge in [0, 0.05) is 0 Å². The lowest BCUT2D eigenvalue weighted by Gasteiger charge is -2.24. The van der Waals surface area contributed by atoms with Gasteiger partial charge in [0.25, 0.3) is 5.69 Å². The van der Waals surface area contributed by atoms with Crippen molar-refractivity contribution in [2.24, 2.45) is 4.99 Å². The molecule has 106 valence electrons. The summed E-state index contributed by atoms with van der Waals surface area (Å²) in [6.45, 7) is 0.241. The van der Waals surface area contributed by atoms with Crippen LogP contribution in [0.2, 0.25) is 0 Å². The van der Waals surface area contributed by atoms with Crippen LogP contribution in [0.15, 0.2) is 41.4 Å². The van der Waals surface area contributed by atoms with Gasteiger partial charge in [-0.1, -0.05) is 18.2 Å². The van der Waals surface area contributed by atoms with Crippen molar-refractivity contribution in [3.8, 4) is 0 Å². The molecule has 0 saturated carbocycles.